The number of hydrogen-bond acceptors (Lipinski definition) is 5. The topological polar surface area (TPSA) is 91.3 Å². The monoisotopic (exact) mass is 603 g/mol. The van der Waals surface area contributed by atoms with E-state index in [0.717, 1.165) is 40.8 Å². The number of ether oxygens (including phenoxy) is 1. The van der Waals surface area contributed by atoms with Crippen LogP contribution in [0.2, 0.25) is 5.02 Å². The summed E-state index contributed by atoms with van der Waals surface area (Å²) in [6, 6.07) is 9.84. The van der Waals surface area contributed by atoms with Gasteiger partial charge in [0.25, 0.3) is 0 Å². The standard InChI is InChI=1S/C28H31ClN4O3.Tc/c1-28(2,3)36-27(35)33-11-8-17(9-12-33)24-20-7-6-19(29)14-21(20)22(26(34)23-15-30-16-32-23)13-18-5-4-10-31-25(18)24;/h4-7,10,13-17,24,26,34H,8-9,11-12H2,1-3H3,(H,30,32);. The molecule has 1 saturated heterocycles. The van der Waals surface area contributed by atoms with Crippen molar-refractivity contribution < 1.29 is 34.7 Å². The summed E-state index contributed by atoms with van der Waals surface area (Å²) in [5.74, 6) is 0.256. The van der Waals surface area contributed by atoms with Crippen molar-refractivity contribution in [2.24, 2.45) is 5.92 Å². The number of aromatic nitrogens is 3. The van der Waals surface area contributed by atoms with Gasteiger partial charge in [-0.25, -0.2) is 9.78 Å². The van der Waals surface area contributed by atoms with Crippen LogP contribution in [0.25, 0.3) is 11.6 Å². The fourth-order valence-electron chi connectivity index (χ4n) is 5.28. The summed E-state index contributed by atoms with van der Waals surface area (Å²) in [5, 5.41) is 12.0. The Morgan fingerprint density at radius 1 is 1.24 bits per heavy atom. The Balaban J connectivity index is 0.00000320. The van der Waals surface area contributed by atoms with E-state index < -0.39 is 11.7 Å². The third-order valence-corrected chi connectivity index (χ3v) is 7.14. The zero-order chi connectivity index (χ0) is 25.4. The Kier molecular flexibility index (Phi) is 8.24. The normalized spacial score (nSPS) is 18.6. The average Bonchev–Trinajstić information content (AvgIpc) is 3.34. The summed E-state index contributed by atoms with van der Waals surface area (Å²) >= 11 is 6.47. The van der Waals surface area contributed by atoms with E-state index in [2.05, 4.69) is 16.0 Å². The molecule has 0 spiro atoms. The molecule has 7 nitrogen and oxygen atoms in total. The minimum absolute atomic E-state index is 0. The molecule has 37 heavy (non-hydrogen) atoms. The molecule has 0 saturated carbocycles. The summed E-state index contributed by atoms with van der Waals surface area (Å²) < 4.78 is 5.60. The van der Waals surface area contributed by atoms with Gasteiger partial charge in [-0.1, -0.05) is 23.7 Å². The van der Waals surface area contributed by atoms with Crippen LogP contribution in [0.3, 0.4) is 0 Å². The first kappa shape index (κ1) is 27.5. The fourth-order valence-corrected chi connectivity index (χ4v) is 5.46. The number of halogens is 1. The van der Waals surface area contributed by atoms with Crippen LogP contribution in [-0.4, -0.2) is 49.7 Å². The van der Waals surface area contributed by atoms with Crippen LogP contribution in [-0.2, 0) is 24.8 Å². The van der Waals surface area contributed by atoms with Crippen LogP contribution in [0, 0.1) is 5.92 Å². The van der Waals surface area contributed by atoms with Crippen LogP contribution in [0.4, 0.5) is 4.79 Å². The van der Waals surface area contributed by atoms with E-state index in [-0.39, 0.29) is 38.0 Å². The van der Waals surface area contributed by atoms with Gasteiger partial charge < -0.3 is 19.7 Å². The molecule has 1 radical (unpaired) electrons. The SMILES string of the molecule is CC(C)(C)OC(=O)N1CCC(C2c3ccc(Cl)cc3C(C(O)c3cnc[nH]3)=Cc3cccnc32)CC1.[Tc]. The Bertz CT molecular complexity index is 1280. The van der Waals surface area contributed by atoms with Gasteiger partial charge in [-0.3, -0.25) is 4.98 Å². The van der Waals surface area contributed by atoms with E-state index >= 15 is 0 Å². The van der Waals surface area contributed by atoms with Gasteiger partial charge >= 0.3 is 6.09 Å². The number of imidazole rings is 1. The number of aromatic amines is 1. The molecular formula is C28H31ClN4O3Tc. The molecule has 1 aromatic carbocycles. The molecule has 2 N–H and O–H groups in total. The molecule has 1 aliphatic carbocycles. The van der Waals surface area contributed by atoms with Crippen molar-refractivity contribution >= 4 is 29.3 Å². The Hall–Kier alpha value is -2.51. The second kappa shape index (κ2) is 11.1. The van der Waals surface area contributed by atoms with Gasteiger partial charge in [0.05, 0.1) is 23.9 Å². The molecule has 2 unspecified atom stereocenters. The minimum atomic E-state index is -0.898. The number of hydrogen-bond donors (Lipinski definition) is 2. The van der Waals surface area contributed by atoms with Gasteiger partial charge in [-0.15, -0.1) is 0 Å². The maximum Gasteiger partial charge on any atom is 0.410 e. The van der Waals surface area contributed by atoms with Gasteiger partial charge in [-0.05, 0) is 86.1 Å². The largest absolute Gasteiger partial charge is 0.444 e. The molecule has 0 bridgehead atoms. The number of likely N-dealkylation sites (tertiary alicyclic amines) is 1. The van der Waals surface area contributed by atoms with Crippen molar-refractivity contribution in [1.29, 1.82) is 0 Å². The summed E-state index contributed by atoms with van der Waals surface area (Å²) in [6.07, 6.45) is 7.51. The molecule has 1 amide bonds. The number of H-pyrrole nitrogens is 1. The number of carbonyl (C=O) groups excluding carboxylic acids is 1. The number of pyridine rings is 1. The van der Waals surface area contributed by atoms with E-state index in [1.165, 1.54) is 0 Å². The van der Waals surface area contributed by atoms with Crippen LogP contribution in [0.1, 0.15) is 73.7 Å². The number of nitrogens with zero attached hydrogens (tertiary/aromatic N) is 3. The summed E-state index contributed by atoms with van der Waals surface area (Å²) in [4.78, 5) is 26.4. The molecule has 2 atom stereocenters. The second-order valence-corrected chi connectivity index (χ2v) is 10.9. The van der Waals surface area contributed by atoms with Crippen molar-refractivity contribution in [3.8, 4) is 0 Å². The third kappa shape index (κ3) is 5.83. The maximum absolute atomic E-state index is 12.6. The number of piperidine rings is 1. The van der Waals surface area contributed by atoms with E-state index in [9.17, 15) is 9.90 Å². The number of benzene rings is 1. The molecule has 1 aliphatic heterocycles. The van der Waals surface area contributed by atoms with Gasteiger partial charge in [0.15, 0.2) is 0 Å². The number of aliphatic hydroxyl groups excluding tert-OH is 1. The van der Waals surface area contributed by atoms with Gasteiger partial charge in [0, 0.05) is 50.3 Å². The van der Waals surface area contributed by atoms with Crippen molar-refractivity contribution in [2.45, 2.75) is 51.2 Å². The predicted molar refractivity (Wildman–Crippen MR) is 139 cm³/mol. The summed E-state index contributed by atoms with van der Waals surface area (Å²) in [7, 11) is 0. The van der Waals surface area contributed by atoms with Gasteiger partial charge in [0.1, 0.15) is 11.7 Å². The zero-order valence-electron chi connectivity index (χ0n) is 21.1. The molecule has 3 heterocycles. The Morgan fingerprint density at radius 3 is 2.68 bits per heavy atom. The van der Waals surface area contributed by atoms with Crippen molar-refractivity contribution in [1.82, 2.24) is 19.9 Å². The second-order valence-electron chi connectivity index (χ2n) is 10.5. The average molecular weight is 605 g/mol. The van der Waals surface area contributed by atoms with Gasteiger partial charge in [-0.2, -0.15) is 0 Å². The predicted octanol–water partition coefficient (Wildman–Crippen LogP) is 5.82. The van der Waals surface area contributed by atoms with Gasteiger partial charge in [0.2, 0.25) is 0 Å². The van der Waals surface area contributed by atoms with E-state index in [4.69, 9.17) is 21.3 Å². The molecule has 2 aliphatic rings. The summed E-state index contributed by atoms with van der Waals surface area (Å²) in [6.45, 7) is 6.90. The molecule has 9 heteroatoms. The van der Waals surface area contributed by atoms with Crippen molar-refractivity contribution in [2.75, 3.05) is 13.1 Å². The zero-order valence-corrected chi connectivity index (χ0v) is 23.7. The van der Waals surface area contributed by atoms with E-state index in [1.54, 1.807) is 17.4 Å². The van der Waals surface area contributed by atoms with Crippen LogP contribution < -0.4 is 0 Å². The number of rotatable bonds is 3. The minimum Gasteiger partial charge on any atom is -0.444 e. The summed E-state index contributed by atoms with van der Waals surface area (Å²) in [5.41, 5.74) is 4.77. The van der Waals surface area contributed by atoms with Crippen LogP contribution in [0.5, 0.6) is 0 Å². The first-order chi connectivity index (χ1) is 17.2. The number of amides is 1. The van der Waals surface area contributed by atoms with Crippen molar-refractivity contribution in [3.63, 3.8) is 0 Å². The van der Waals surface area contributed by atoms with Crippen LogP contribution >= 0.6 is 11.6 Å². The molecular weight excluding hydrogens is 574 g/mol. The first-order valence-corrected chi connectivity index (χ1v) is 12.7. The van der Waals surface area contributed by atoms with Crippen LogP contribution in [0.15, 0.2) is 49.1 Å². The number of carbonyl (C=O) groups is 1. The van der Waals surface area contributed by atoms with E-state index in [1.807, 2.05) is 57.3 Å². The molecule has 2 aromatic heterocycles. The smallest absolute Gasteiger partial charge is 0.410 e. The molecule has 1 fully saturated rings. The number of nitrogens with one attached hydrogen (secondary N) is 1. The molecule has 5 rings (SSSR count). The molecule has 195 valence electrons. The Morgan fingerprint density at radius 2 is 2.00 bits per heavy atom. The Labute approximate surface area is 235 Å². The molecule has 3 aromatic rings. The van der Waals surface area contributed by atoms with E-state index in [0.29, 0.717) is 23.8 Å². The van der Waals surface area contributed by atoms with Crippen molar-refractivity contribution in [3.05, 3.63) is 82.2 Å². The number of aliphatic hydroxyl groups is 1. The maximum atomic E-state index is 12.6. The number of fused-ring (bicyclic) bond motifs is 2. The fraction of sp³-hybridized carbons (Fsp3) is 0.393. The first-order valence-electron chi connectivity index (χ1n) is 12.3. The quantitative estimate of drug-likeness (QED) is 0.393. The third-order valence-electron chi connectivity index (χ3n) is 6.91.